The molecule has 0 aliphatic heterocycles. The molecule has 3 unspecified atom stereocenters. The second-order valence-corrected chi connectivity index (χ2v) is 17.1. The van der Waals surface area contributed by atoms with E-state index in [1.165, 1.54) is 122 Å². The first-order valence-electron chi connectivity index (χ1n) is 21.4. The largest absolute Gasteiger partial charge is 0.756 e. The lowest BCUT2D eigenvalue weighted by atomic mass is 10.0. The molecule has 0 heterocycles. The van der Waals surface area contributed by atoms with Crippen LogP contribution in [-0.2, 0) is 18.4 Å². The normalized spacial score (nSPS) is 14.8. The topological polar surface area (TPSA) is 108 Å². The molecule has 8 nitrogen and oxygen atoms in total. The van der Waals surface area contributed by atoms with Crippen molar-refractivity contribution in [3.8, 4) is 0 Å². The van der Waals surface area contributed by atoms with Gasteiger partial charge in [-0.05, 0) is 38.5 Å². The number of carbonyl (C=O) groups excluding carboxylic acids is 1. The van der Waals surface area contributed by atoms with Gasteiger partial charge >= 0.3 is 0 Å². The maximum atomic E-state index is 12.8. The molecule has 0 radical (unpaired) electrons. The lowest BCUT2D eigenvalue weighted by Gasteiger charge is -2.29. The molecule has 0 bridgehead atoms. The van der Waals surface area contributed by atoms with Crippen LogP contribution < -0.4 is 10.2 Å². The van der Waals surface area contributed by atoms with E-state index >= 15 is 0 Å². The molecular formula is C43H83N2O6P. The number of phosphoric acid groups is 1. The molecule has 0 aromatic carbocycles. The van der Waals surface area contributed by atoms with Gasteiger partial charge in [-0.25, -0.2) is 0 Å². The number of hydrogen-bond acceptors (Lipinski definition) is 6. The number of likely N-dealkylation sites (N-methyl/N-ethyl adjacent to an activating group) is 1. The van der Waals surface area contributed by atoms with Gasteiger partial charge in [0.2, 0.25) is 5.91 Å². The quantitative estimate of drug-likeness (QED) is 0.0281. The fourth-order valence-corrected chi connectivity index (χ4v) is 6.63. The maximum absolute atomic E-state index is 12.8. The summed E-state index contributed by atoms with van der Waals surface area (Å²) in [6.07, 6.45) is 42.0. The van der Waals surface area contributed by atoms with Gasteiger partial charge in [0, 0.05) is 6.42 Å². The van der Waals surface area contributed by atoms with E-state index in [4.69, 9.17) is 9.05 Å². The number of quaternary nitrogens is 1. The minimum absolute atomic E-state index is 0.0103. The zero-order valence-electron chi connectivity index (χ0n) is 34.5. The lowest BCUT2D eigenvalue weighted by molar-refractivity contribution is -0.870. The highest BCUT2D eigenvalue weighted by Crippen LogP contribution is 2.38. The number of amides is 1. The SMILES string of the molecule is CCCCCCCC/C=C\C/C=C\CCC(=O)NC(COP(=O)([O-])OCC[N+](C)(C)C)C(O)/C=C/CCCCCCCCCCCCCCCCC. The molecule has 0 aliphatic carbocycles. The summed E-state index contributed by atoms with van der Waals surface area (Å²) in [6, 6.07) is -0.914. The summed E-state index contributed by atoms with van der Waals surface area (Å²) < 4.78 is 23.1. The Morgan fingerprint density at radius 1 is 0.673 bits per heavy atom. The Balaban J connectivity index is 4.53. The Morgan fingerprint density at radius 3 is 1.60 bits per heavy atom. The van der Waals surface area contributed by atoms with Crippen LogP contribution in [0.3, 0.4) is 0 Å². The van der Waals surface area contributed by atoms with Crippen LogP contribution in [0.1, 0.15) is 181 Å². The van der Waals surface area contributed by atoms with Gasteiger partial charge in [0.25, 0.3) is 7.82 Å². The third-order valence-electron chi connectivity index (χ3n) is 9.36. The van der Waals surface area contributed by atoms with E-state index in [0.29, 0.717) is 17.4 Å². The molecule has 2 N–H and O–H groups in total. The van der Waals surface area contributed by atoms with Crippen LogP contribution in [0, 0.1) is 0 Å². The Hall–Kier alpha value is -1.28. The van der Waals surface area contributed by atoms with Gasteiger partial charge in [0.05, 0.1) is 39.9 Å². The van der Waals surface area contributed by atoms with E-state index in [2.05, 4.69) is 37.4 Å². The van der Waals surface area contributed by atoms with Gasteiger partial charge < -0.3 is 28.8 Å². The van der Waals surface area contributed by atoms with Crippen LogP contribution in [0.4, 0.5) is 0 Å². The number of nitrogens with zero attached hydrogens (tertiary/aromatic N) is 1. The zero-order chi connectivity index (χ0) is 38.6. The van der Waals surface area contributed by atoms with Crippen molar-refractivity contribution in [3.63, 3.8) is 0 Å². The molecule has 1 amide bonds. The first-order valence-corrected chi connectivity index (χ1v) is 22.8. The highest BCUT2D eigenvalue weighted by Gasteiger charge is 2.23. The summed E-state index contributed by atoms with van der Waals surface area (Å²) in [4.78, 5) is 25.2. The van der Waals surface area contributed by atoms with E-state index in [9.17, 15) is 19.4 Å². The second-order valence-electron chi connectivity index (χ2n) is 15.7. The average molecular weight is 755 g/mol. The zero-order valence-corrected chi connectivity index (χ0v) is 35.4. The molecule has 0 rings (SSSR count). The van der Waals surface area contributed by atoms with Gasteiger partial charge in [0.15, 0.2) is 0 Å². The Labute approximate surface area is 321 Å². The number of hydrogen-bond donors (Lipinski definition) is 2. The van der Waals surface area contributed by atoms with Crippen LogP contribution in [0.5, 0.6) is 0 Å². The number of unbranched alkanes of at least 4 members (excludes halogenated alkanes) is 21. The van der Waals surface area contributed by atoms with Crippen molar-refractivity contribution >= 4 is 13.7 Å². The molecule has 3 atom stereocenters. The fourth-order valence-electron chi connectivity index (χ4n) is 5.91. The number of phosphoric ester groups is 1. The van der Waals surface area contributed by atoms with E-state index in [-0.39, 0.29) is 18.9 Å². The van der Waals surface area contributed by atoms with Gasteiger partial charge in [0.1, 0.15) is 13.2 Å². The summed E-state index contributed by atoms with van der Waals surface area (Å²) in [5, 5.41) is 13.7. The molecule has 0 spiro atoms. The standard InChI is InChI=1S/C43H83N2O6P/c1-6-8-10-12-14-16-18-20-21-22-23-25-26-28-30-32-34-36-42(46)41(40-51-52(48,49)50-39-38-45(3,4)5)44-43(47)37-35-33-31-29-27-24-19-17-15-13-11-9-7-2/h24,27,31,33-34,36,41-42,46H,6-23,25-26,28-30,32,35,37-40H2,1-5H3,(H-,44,47,48,49)/b27-24-,33-31-,36-34+. The summed E-state index contributed by atoms with van der Waals surface area (Å²) in [5.41, 5.74) is 0. The molecule has 52 heavy (non-hydrogen) atoms. The predicted molar refractivity (Wildman–Crippen MR) is 219 cm³/mol. The van der Waals surface area contributed by atoms with Crippen molar-refractivity contribution in [1.29, 1.82) is 0 Å². The number of rotatable bonds is 38. The van der Waals surface area contributed by atoms with Crippen molar-refractivity contribution in [3.05, 3.63) is 36.5 Å². The minimum atomic E-state index is -4.60. The Kier molecular flexibility index (Phi) is 34.6. The highest BCUT2D eigenvalue weighted by molar-refractivity contribution is 7.45. The molecule has 0 aliphatic rings. The Morgan fingerprint density at radius 2 is 1.12 bits per heavy atom. The maximum Gasteiger partial charge on any atom is 0.268 e. The van der Waals surface area contributed by atoms with Crippen molar-refractivity contribution in [2.24, 2.45) is 0 Å². The molecule has 0 saturated heterocycles. The van der Waals surface area contributed by atoms with Crippen molar-refractivity contribution in [2.45, 2.75) is 193 Å². The number of nitrogens with one attached hydrogen (secondary N) is 1. The van der Waals surface area contributed by atoms with Crippen LogP contribution in [0.25, 0.3) is 0 Å². The smallest absolute Gasteiger partial charge is 0.268 e. The lowest BCUT2D eigenvalue weighted by Crippen LogP contribution is -2.45. The van der Waals surface area contributed by atoms with Crippen LogP contribution in [0.15, 0.2) is 36.5 Å². The fraction of sp³-hybridized carbons (Fsp3) is 0.837. The van der Waals surface area contributed by atoms with Gasteiger partial charge in [-0.3, -0.25) is 9.36 Å². The third kappa shape index (κ3) is 37.1. The summed E-state index contributed by atoms with van der Waals surface area (Å²) in [5.74, 6) is -0.265. The average Bonchev–Trinajstić information content (AvgIpc) is 3.09. The molecular weight excluding hydrogens is 671 g/mol. The predicted octanol–water partition coefficient (Wildman–Crippen LogP) is 10.9. The van der Waals surface area contributed by atoms with E-state index in [0.717, 1.165) is 32.1 Å². The van der Waals surface area contributed by atoms with E-state index < -0.39 is 26.6 Å². The van der Waals surface area contributed by atoms with Crippen molar-refractivity contribution in [2.75, 3.05) is 40.9 Å². The molecule has 9 heteroatoms. The molecule has 0 aromatic heterocycles. The first kappa shape index (κ1) is 50.7. The molecule has 0 aromatic rings. The second kappa shape index (κ2) is 35.4. The van der Waals surface area contributed by atoms with Crippen molar-refractivity contribution < 1.29 is 32.9 Å². The van der Waals surface area contributed by atoms with Crippen LogP contribution in [-0.4, -0.2) is 68.5 Å². The van der Waals surface area contributed by atoms with Gasteiger partial charge in [-0.15, -0.1) is 0 Å². The molecule has 0 fully saturated rings. The first-order chi connectivity index (χ1) is 25.0. The minimum Gasteiger partial charge on any atom is -0.756 e. The summed E-state index contributed by atoms with van der Waals surface area (Å²) in [7, 11) is 1.23. The summed E-state index contributed by atoms with van der Waals surface area (Å²) >= 11 is 0. The number of carbonyl (C=O) groups is 1. The van der Waals surface area contributed by atoms with E-state index in [1.54, 1.807) is 6.08 Å². The monoisotopic (exact) mass is 755 g/mol. The number of allylic oxidation sites excluding steroid dienone is 5. The number of aliphatic hydroxyl groups is 1. The van der Waals surface area contributed by atoms with Crippen molar-refractivity contribution in [1.82, 2.24) is 5.32 Å². The molecule has 306 valence electrons. The molecule has 0 saturated carbocycles. The third-order valence-corrected chi connectivity index (χ3v) is 10.3. The van der Waals surface area contributed by atoms with Gasteiger partial charge in [-0.2, -0.15) is 0 Å². The van der Waals surface area contributed by atoms with Crippen LogP contribution >= 0.6 is 7.82 Å². The van der Waals surface area contributed by atoms with E-state index in [1.807, 2.05) is 33.3 Å². The van der Waals surface area contributed by atoms with Crippen LogP contribution in [0.2, 0.25) is 0 Å². The summed E-state index contributed by atoms with van der Waals surface area (Å²) in [6.45, 7) is 4.58. The number of aliphatic hydroxyl groups excluding tert-OH is 1. The van der Waals surface area contributed by atoms with Gasteiger partial charge in [-0.1, -0.05) is 172 Å². The highest BCUT2D eigenvalue weighted by atomic mass is 31.2. The Bertz CT molecular complexity index is 948.